The number of nitrogens with zero attached hydrogens (tertiary/aromatic N) is 2. The van der Waals surface area contributed by atoms with Crippen LogP contribution in [0.5, 0.6) is 0 Å². The summed E-state index contributed by atoms with van der Waals surface area (Å²) in [7, 11) is 0. The third kappa shape index (κ3) is 1.79. The largest absolute Gasteiger partial charge is 0.446 e. The van der Waals surface area contributed by atoms with Crippen LogP contribution >= 0.6 is 0 Å². The number of aromatic nitrogens is 1. The molecule has 0 aliphatic rings. The van der Waals surface area contributed by atoms with Crippen LogP contribution in [-0.4, -0.2) is 16.9 Å². The highest BCUT2D eigenvalue weighted by Crippen LogP contribution is 2.05. The van der Waals surface area contributed by atoms with Crippen molar-refractivity contribution in [1.29, 1.82) is 0 Å². The second-order valence-corrected chi connectivity index (χ2v) is 2.26. The van der Waals surface area contributed by atoms with Crippen LogP contribution in [0.4, 0.5) is 5.69 Å². The van der Waals surface area contributed by atoms with Gasteiger partial charge in [-0.2, -0.15) is 0 Å². The normalized spacial score (nSPS) is 8.82. The van der Waals surface area contributed by atoms with E-state index in [0.717, 1.165) is 0 Å². The quantitative estimate of drug-likeness (QED) is 0.461. The van der Waals surface area contributed by atoms with Crippen LogP contribution in [0.3, 0.4) is 0 Å². The lowest BCUT2D eigenvalue weighted by Crippen LogP contribution is -2.25. The van der Waals surface area contributed by atoms with Gasteiger partial charge in [0.25, 0.3) is 0 Å². The van der Waals surface area contributed by atoms with E-state index in [1.165, 1.54) is 6.20 Å². The van der Waals surface area contributed by atoms with E-state index in [2.05, 4.69) is 9.83 Å². The predicted molar refractivity (Wildman–Crippen MR) is 44.0 cm³/mol. The Bertz CT molecular complexity index is 293. The van der Waals surface area contributed by atoms with Gasteiger partial charge in [-0.25, -0.2) is 4.85 Å². The van der Waals surface area contributed by atoms with Crippen molar-refractivity contribution < 1.29 is 5.02 Å². The standard InChI is InChI=1S/C7H7BN2O/c1-8(11)6-3-7(9-2)5-10-4-6/h3-5,11H,1H3. The summed E-state index contributed by atoms with van der Waals surface area (Å²) in [5.41, 5.74) is 1.14. The highest BCUT2D eigenvalue weighted by molar-refractivity contribution is 6.64. The Morgan fingerprint density at radius 3 is 2.91 bits per heavy atom. The lowest BCUT2D eigenvalue weighted by atomic mass is 9.65. The topological polar surface area (TPSA) is 37.5 Å². The Hall–Kier alpha value is -1.34. The lowest BCUT2D eigenvalue weighted by molar-refractivity contribution is 0.594. The molecule has 1 heterocycles. The molecule has 0 saturated carbocycles. The van der Waals surface area contributed by atoms with Crippen molar-refractivity contribution in [3.63, 3.8) is 0 Å². The Morgan fingerprint density at radius 1 is 1.64 bits per heavy atom. The lowest BCUT2D eigenvalue weighted by Gasteiger charge is -1.98. The Labute approximate surface area is 65.6 Å². The van der Waals surface area contributed by atoms with Crippen LogP contribution in [-0.2, 0) is 0 Å². The molecule has 1 N–H and O–H groups in total. The molecule has 11 heavy (non-hydrogen) atoms. The minimum Gasteiger partial charge on any atom is -0.446 e. The first-order valence-electron chi connectivity index (χ1n) is 3.24. The number of rotatable bonds is 1. The van der Waals surface area contributed by atoms with Crippen molar-refractivity contribution in [2.45, 2.75) is 6.82 Å². The van der Waals surface area contributed by atoms with Crippen LogP contribution in [0, 0.1) is 6.57 Å². The monoisotopic (exact) mass is 146 g/mol. The zero-order valence-electron chi connectivity index (χ0n) is 6.15. The van der Waals surface area contributed by atoms with Gasteiger partial charge in [-0.3, -0.25) is 4.98 Å². The Balaban J connectivity index is 3.03. The van der Waals surface area contributed by atoms with Gasteiger partial charge in [-0.05, 0) is 5.46 Å². The van der Waals surface area contributed by atoms with Gasteiger partial charge >= 0.3 is 6.92 Å². The minimum atomic E-state index is -0.552. The maximum absolute atomic E-state index is 9.10. The third-order valence-electron chi connectivity index (χ3n) is 1.36. The molecule has 0 unspecified atom stereocenters. The van der Waals surface area contributed by atoms with E-state index < -0.39 is 6.92 Å². The third-order valence-corrected chi connectivity index (χ3v) is 1.36. The molecular formula is C7H7BN2O. The Kier molecular flexibility index (Phi) is 2.24. The van der Waals surface area contributed by atoms with E-state index in [1.807, 2.05) is 0 Å². The molecule has 1 aromatic heterocycles. The van der Waals surface area contributed by atoms with Gasteiger partial charge in [-0.15, -0.1) is 0 Å². The van der Waals surface area contributed by atoms with Gasteiger partial charge in [0.05, 0.1) is 6.57 Å². The molecule has 0 bridgehead atoms. The van der Waals surface area contributed by atoms with Crippen molar-refractivity contribution in [2.24, 2.45) is 0 Å². The molecule has 4 heteroatoms. The zero-order valence-corrected chi connectivity index (χ0v) is 6.15. The zero-order chi connectivity index (χ0) is 8.27. The van der Waals surface area contributed by atoms with E-state index in [1.54, 1.807) is 19.1 Å². The van der Waals surface area contributed by atoms with Gasteiger partial charge in [0.15, 0.2) is 0 Å². The van der Waals surface area contributed by atoms with Crippen LogP contribution in [0.25, 0.3) is 4.85 Å². The molecule has 1 aromatic rings. The maximum atomic E-state index is 9.10. The molecule has 0 aromatic carbocycles. The number of pyridine rings is 1. The van der Waals surface area contributed by atoms with E-state index >= 15 is 0 Å². The fourth-order valence-electron chi connectivity index (χ4n) is 0.735. The second-order valence-electron chi connectivity index (χ2n) is 2.26. The molecule has 0 aliphatic heterocycles. The number of hydrogen-bond donors (Lipinski definition) is 1. The summed E-state index contributed by atoms with van der Waals surface area (Å²) in [5, 5.41) is 9.10. The van der Waals surface area contributed by atoms with Gasteiger partial charge in [0, 0.05) is 12.4 Å². The number of hydrogen-bond acceptors (Lipinski definition) is 2. The highest BCUT2D eigenvalue weighted by Gasteiger charge is 2.06. The summed E-state index contributed by atoms with van der Waals surface area (Å²) in [6, 6.07) is 1.63. The summed E-state index contributed by atoms with van der Waals surface area (Å²) in [4.78, 5) is 6.99. The molecule has 0 spiro atoms. The summed E-state index contributed by atoms with van der Waals surface area (Å²) in [6.45, 7) is 7.78. The molecule has 0 amide bonds. The van der Waals surface area contributed by atoms with Gasteiger partial charge in [0.1, 0.15) is 0 Å². The Morgan fingerprint density at radius 2 is 2.36 bits per heavy atom. The molecule has 0 fully saturated rings. The molecule has 54 valence electrons. The highest BCUT2D eigenvalue weighted by atomic mass is 16.2. The van der Waals surface area contributed by atoms with Crippen LogP contribution in [0.1, 0.15) is 0 Å². The maximum Gasteiger partial charge on any atom is 0.320 e. The van der Waals surface area contributed by atoms with E-state index in [-0.39, 0.29) is 0 Å². The van der Waals surface area contributed by atoms with Crippen molar-refractivity contribution >= 4 is 18.1 Å². The van der Waals surface area contributed by atoms with E-state index in [0.29, 0.717) is 11.2 Å². The summed E-state index contributed by atoms with van der Waals surface area (Å²) < 4.78 is 0. The fourth-order valence-corrected chi connectivity index (χ4v) is 0.735. The van der Waals surface area contributed by atoms with Crippen LogP contribution in [0.15, 0.2) is 18.5 Å². The van der Waals surface area contributed by atoms with Crippen molar-refractivity contribution in [2.75, 3.05) is 0 Å². The van der Waals surface area contributed by atoms with Crippen molar-refractivity contribution in [1.82, 2.24) is 4.98 Å². The van der Waals surface area contributed by atoms with E-state index in [4.69, 9.17) is 11.6 Å². The van der Waals surface area contributed by atoms with Crippen LogP contribution < -0.4 is 5.46 Å². The molecule has 0 aliphatic carbocycles. The average molecular weight is 146 g/mol. The summed E-state index contributed by atoms with van der Waals surface area (Å²) in [6.07, 6.45) is 3.03. The smallest absolute Gasteiger partial charge is 0.320 e. The molecule has 3 nitrogen and oxygen atoms in total. The van der Waals surface area contributed by atoms with E-state index in [9.17, 15) is 0 Å². The first kappa shape index (κ1) is 7.77. The van der Waals surface area contributed by atoms with Crippen molar-refractivity contribution in [3.8, 4) is 0 Å². The summed E-state index contributed by atoms with van der Waals surface area (Å²) >= 11 is 0. The SMILES string of the molecule is [C-]#[N+]c1cncc(B(C)O)c1. The molecule has 1 rings (SSSR count). The molecule has 0 atom stereocenters. The van der Waals surface area contributed by atoms with Crippen LogP contribution in [0.2, 0.25) is 6.82 Å². The average Bonchev–Trinajstić information content (AvgIpc) is 2.05. The molecule has 0 radical (unpaired) electrons. The molecular weight excluding hydrogens is 139 g/mol. The van der Waals surface area contributed by atoms with Gasteiger partial charge in [0.2, 0.25) is 5.69 Å². The van der Waals surface area contributed by atoms with Gasteiger partial charge in [-0.1, -0.05) is 12.9 Å². The predicted octanol–water partition coefficient (Wildman–Crippen LogP) is 0.453. The van der Waals surface area contributed by atoms with Gasteiger partial charge < -0.3 is 5.02 Å². The first-order valence-corrected chi connectivity index (χ1v) is 3.24. The first-order chi connectivity index (χ1) is 5.24. The second kappa shape index (κ2) is 3.17. The van der Waals surface area contributed by atoms with Crippen molar-refractivity contribution in [3.05, 3.63) is 29.9 Å². The summed E-state index contributed by atoms with van der Waals surface area (Å²) in [5.74, 6) is 0. The molecule has 0 saturated heterocycles. The minimum absolute atomic E-state index is 0.461. The fraction of sp³-hybridized carbons (Fsp3) is 0.143.